The van der Waals surface area contributed by atoms with Gasteiger partial charge in [-0.1, -0.05) is 23.7 Å². The zero-order valence-corrected chi connectivity index (χ0v) is 12.9. The van der Waals surface area contributed by atoms with Gasteiger partial charge in [-0.2, -0.15) is 5.10 Å². The minimum absolute atomic E-state index is 0.105. The van der Waals surface area contributed by atoms with Crippen molar-refractivity contribution in [1.29, 1.82) is 0 Å². The summed E-state index contributed by atoms with van der Waals surface area (Å²) in [6, 6.07) is 12.2. The van der Waals surface area contributed by atoms with Gasteiger partial charge < -0.3 is 5.32 Å². The lowest BCUT2D eigenvalue weighted by Gasteiger charge is -2.05. The fraction of sp³-hybridized carbons (Fsp3) is 0.118. The molecule has 0 atom stereocenters. The van der Waals surface area contributed by atoms with Gasteiger partial charge in [-0.15, -0.1) is 0 Å². The van der Waals surface area contributed by atoms with E-state index < -0.39 is 0 Å². The van der Waals surface area contributed by atoms with Crippen molar-refractivity contribution >= 4 is 39.9 Å². The van der Waals surface area contributed by atoms with E-state index >= 15 is 0 Å². The molecule has 1 heterocycles. The van der Waals surface area contributed by atoms with Crippen molar-refractivity contribution in [2.24, 2.45) is 0 Å². The molecule has 2 N–H and O–H groups in total. The molecule has 0 radical (unpaired) electrons. The lowest BCUT2D eigenvalue weighted by atomic mass is 10.1. The molecule has 0 saturated carbocycles. The van der Waals surface area contributed by atoms with Crippen LogP contribution in [0.3, 0.4) is 0 Å². The first-order valence-corrected chi connectivity index (χ1v) is 7.51. The molecule has 1 aromatic heterocycles. The summed E-state index contributed by atoms with van der Waals surface area (Å²) in [5.41, 5.74) is 2.03. The highest BCUT2D eigenvalue weighted by molar-refractivity contribution is 6.31. The number of hydrogen-bond acceptors (Lipinski definition) is 3. The molecule has 5 nitrogen and oxygen atoms in total. The summed E-state index contributed by atoms with van der Waals surface area (Å²) in [5.74, 6) is -0.314. The summed E-state index contributed by atoms with van der Waals surface area (Å²) in [4.78, 5) is 24.0. The first-order chi connectivity index (χ1) is 11.1. The number of nitrogens with one attached hydrogen (secondary N) is 2. The predicted molar refractivity (Wildman–Crippen MR) is 89.7 cm³/mol. The number of nitrogens with zero attached hydrogens (tertiary/aromatic N) is 1. The van der Waals surface area contributed by atoms with Crippen LogP contribution in [0.2, 0.25) is 5.02 Å². The monoisotopic (exact) mass is 327 g/mol. The first kappa shape index (κ1) is 15.2. The van der Waals surface area contributed by atoms with Crippen LogP contribution in [-0.4, -0.2) is 21.9 Å². The SMILES string of the molecule is O=C(CCC(=O)c1cccc(Cl)c1)Nc1ccc2cn[nH]c2c1. The maximum absolute atomic E-state index is 12.0. The number of carbonyl (C=O) groups excluding carboxylic acids is 2. The van der Waals surface area contributed by atoms with Crippen LogP contribution in [0.4, 0.5) is 5.69 Å². The summed E-state index contributed by atoms with van der Waals surface area (Å²) in [5, 5.41) is 11.0. The van der Waals surface area contributed by atoms with Crippen molar-refractivity contribution in [3.63, 3.8) is 0 Å². The third kappa shape index (κ3) is 3.76. The molecule has 0 saturated heterocycles. The third-order valence-corrected chi connectivity index (χ3v) is 3.69. The van der Waals surface area contributed by atoms with Crippen LogP contribution < -0.4 is 5.32 Å². The van der Waals surface area contributed by atoms with Crippen molar-refractivity contribution in [2.45, 2.75) is 12.8 Å². The molecule has 0 aliphatic carbocycles. The van der Waals surface area contributed by atoms with E-state index in [2.05, 4.69) is 15.5 Å². The van der Waals surface area contributed by atoms with E-state index in [0.717, 1.165) is 10.9 Å². The number of ketones is 1. The number of anilines is 1. The predicted octanol–water partition coefficient (Wildman–Crippen LogP) is 3.82. The number of aromatic nitrogens is 2. The van der Waals surface area contributed by atoms with Gasteiger partial charge in [-0.05, 0) is 30.3 Å². The number of H-pyrrole nitrogens is 1. The average molecular weight is 328 g/mol. The molecule has 0 fully saturated rings. The molecule has 3 aromatic rings. The Morgan fingerprint density at radius 1 is 1.13 bits per heavy atom. The second-order valence-corrected chi connectivity index (χ2v) is 5.59. The molecule has 0 unspecified atom stereocenters. The van der Waals surface area contributed by atoms with Crippen molar-refractivity contribution in [3.8, 4) is 0 Å². The molecule has 0 aliphatic heterocycles. The normalized spacial score (nSPS) is 10.7. The van der Waals surface area contributed by atoms with E-state index in [1.54, 1.807) is 42.6 Å². The Morgan fingerprint density at radius 2 is 2.00 bits per heavy atom. The zero-order valence-electron chi connectivity index (χ0n) is 12.2. The number of aromatic amines is 1. The summed E-state index contributed by atoms with van der Waals surface area (Å²) in [6.07, 6.45) is 1.97. The number of benzene rings is 2. The second kappa shape index (κ2) is 6.62. The second-order valence-electron chi connectivity index (χ2n) is 5.15. The van der Waals surface area contributed by atoms with E-state index in [-0.39, 0.29) is 24.5 Å². The Hall–Kier alpha value is -2.66. The number of Topliss-reactive ketones (excluding diaryl/α,β-unsaturated/α-hetero) is 1. The smallest absolute Gasteiger partial charge is 0.224 e. The number of fused-ring (bicyclic) bond motifs is 1. The van der Waals surface area contributed by atoms with Crippen molar-refractivity contribution in [3.05, 3.63) is 59.2 Å². The highest BCUT2D eigenvalue weighted by Crippen LogP contribution is 2.17. The fourth-order valence-electron chi connectivity index (χ4n) is 2.27. The average Bonchev–Trinajstić information content (AvgIpc) is 3.00. The zero-order chi connectivity index (χ0) is 16.2. The van der Waals surface area contributed by atoms with Crippen LogP contribution in [0.5, 0.6) is 0 Å². The maximum Gasteiger partial charge on any atom is 0.224 e. The molecular weight excluding hydrogens is 314 g/mol. The molecule has 1 amide bonds. The first-order valence-electron chi connectivity index (χ1n) is 7.13. The molecular formula is C17H14ClN3O2. The maximum atomic E-state index is 12.0. The molecule has 6 heteroatoms. The van der Waals surface area contributed by atoms with Crippen LogP contribution in [0.25, 0.3) is 10.9 Å². The number of hydrogen-bond donors (Lipinski definition) is 2. The lowest BCUT2D eigenvalue weighted by molar-refractivity contribution is -0.116. The number of halogens is 1. The highest BCUT2D eigenvalue weighted by Gasteiger charge is 2.10. The van der Waals surface area contributed by atoms with Crippen LogP contribution in [0.15, 0.2) is 48.7 Å². The van der Waals surface area contributed by atoms with Crippen LogP contribution >= 0.6 is 11.6 Å². The van der Waals surface area contributed by atoms with Gasteiger partial charge >= 0.3 is 0 Å². The Morgan fingerprint density at radius 3 is 2.83 bits per heavy atom. The molecule has 116 valence electrons. The van der Waals surface area contributed by atoms with Crippen LogP contribution in [0.1, 0.15) is 23.2 Å². The van der Waals surface area contributed by atoms with Gasteiger partial charge in [0.05, 0.1) is 11.7 Å². The summed E-state index contributed by atoms with van der Waals surface area (Å²) in [7, 11) is 0. The minimum Gasteiger partial charge on any atom is -0.326 e. The van der Waals surface area contributed by atoms with E-state index in [1.165, 1.54) is 0 Å². The fourth-order valence-corrected chi connectivity index (χ4v) is 2.46. The number of amides is 1. The van der Waals surface area contributed by atoms with Crippen molar-refractivity contribution in [1.82, 2.24) is 10.2 Å². The highest BCUT2D eigenvalue weighted by atomic mass is 35.5. The van der Waals surface area contributed by atoms with Gasteiger partial charge in [0.2, 0.25) is 5.91 Å². The van der Waals surface area contributed by atoms with Crippen LogP contribution in [-0.2, 0) is 4.79 Å². The van der Waals surface area contributed by atoms with Gasteiger partial charge in [0.25, 0.3) is 0 Å². The minimum atomic E-state index is -0.209. The van der Waals surface area contributed by atoms with Crippen molar-refractivity contribution < 1.29 is 9.59 Å². The van der Waals surface area contributed by atoms with E-state index in [1.807, 2.05) is 6.07 Å². The molecule has 23 heavy (non-hydrogen) atoms. The lowest BCUT2D eigenvalue weighted by Crippen LogP contribution is -2.13. The van der Waals surface area contributed by atoms with Gasteiger partial charge in [0, 0.05) is 34.5 Å². The van der Waals surface area contributed by atoms with Crippen LogP contribution in [0, 0.1) is 0 Å². The van der Waals surface area contributed by atoms with Gasteiger partial charge in [0.1, 0.15) is 0 Å². The summed E-state index contributed by atoms with van der Waals surface area (Å²) in [6.45, 7) is 0. The summed E-state index contributed by atoms with van der Waals surface area (Å²) >= 11 is 5.86. The largest absolute Gasteiger partial charge is 0.326 e. The molecule has 0 aliphatic rings. The summed E-state index contributed by atoms with van der Waals surface area (Å²) < 4.78 is 0. The molecule has 0 bridgehead atoms. The number of rotatable bonds is 5. The third-order valence-electron chi connectivity index (χ3n) is 3.45. The van der Waals surface area contributed by atoms with Gasteiger partial charge in [-0.25, -0.2) is 0 Å². The van der Waals surface area contributed by atoms with E-state index in [0.29, 0.717) is 16.3 Å². The Balaban J connectivity index is 1.57. The molecule has 2 aromatic carbocycles. The number of carbonyl (C=O) groups is 2. The Labute approximate surface area is 137 Å². The topological polar surface area (TPSA) is 74.8 Å². The van der Waals surface area contributed by atoms with E-state index in [4.69, 9.17) is 11.6 Å². The quantitative estimate of drug-likeness (QED) is 0.699. The van der Waals surface area contributed by atoms with E-state index in [9.17, 15) is 9.59 Å². The molecule has 3 rings (SSSR count). The Bertz CT molecular complexity index is 873. The van der Waals surface area contributed by atoms with Gasteiger partial charge in [-0.3, -0.25) is 14.7 Å². The Kier molecular flexibility index (Phi) is 4.39. The standard InChI is InChI=1S/C17H14ClN3O2/c18-13-3-1-2-11(8-13)16(22)6-7-17(23)20-14-5-4-12-10-19-21-15(12)9-14/h1-5,8-10H,6-7H2,(H,19,21)(H,20,23). The van der Waals surface area contributed by atoms with Crippen molar-refractivity contribution in [2.75, 3.05) is 5.32 Å². The van der Waals surface area contributed by atoms with Gasteiger partial charge in [0.15, 0.2) is 5.78 Å². The molecule has 0 spiro atoms.